The van der Waals surface area contributed by atoms with Crippen molar-refractivity contribution in [1.82, 2.24) is 0 Å². The van der Waals surface area contributed by atoms with E-state index >= 15 is 0 Å². The van der Waals surface area contributed by atoms with Gasteiger partial charge in [0.1, 0.15) is 20.8 Å². The monoisotopic (exact) mass is 333 g/mol. The van der Waals surface area contributed by atoms with E-state index in [0.717, 1.165) is 11.3 Å². The molecule has 0 aliphatic rings. The number of nitrogens with zero attached hydrogens (tertiary/aromatic N) is 1. The van der Waals surface area contributed by atoms with Crippen LogP contribution in [0.3, 0.4) is 0 Å². The largest absolute Gasteiger partial charge is 0.396 e. The molecule has 1 unspecified atom stereocenters. The van der Waals surface area contributed by atoms with Gasteiger partial charge in [0.25, 0.3) is 0 Å². The Balaban J connectivity index is 3.10. The molecule has 21 heavy (non-hydrogen) atoms. The summed E-state index contributed by atoms with van der Waals surface area (Å²) in [7, 11) is -0.424. The standard InChI is InChI=1S/C12H19N3O4S2/c1-4-21(16,17)11-10(14)9(5-13)20-12(11)15-6-8(19-3)7-18-2/h8,15H,4,6-7,14H2,1-3H3. The highest BCUT2D eigenvalue weighted by Gasteiger charge is 2.26. The van der Waals surface area contributed by atoms with Crippen LogP contribution in [0.15, 0.2) is 4.90 Å². The molecule has 0 saturated carbocycles. The average Bonchev–Trinajstić information content (AvgIpc) is 2.80. The number of ether oxygens (including phenoxy) is 2. The van der Waals surface area contributed by atoms with Gasteiger partial charge in [0.2, 0.25) is 0 Å². The fraction of sp³-hybridized carbons (Fsp3) is 0.583. The highest BCUT2D eigenvalue weighted by molar-refractivity contribution is 7.91. The molecule has 3 N–H and O–H groups in total. The molecule has 1 aromatic heterocycles. The van der Waals surface area contributed by atoms with Crippen LogP contribution in [0.5, 0.6) is 0 Å². The zero-order chi connectivity index (χ0) is 16.0. The van der Waals surface area contributed by atoms with Gasteiger partial charge in [0.15, 0.2) is 9.84 Å². The second-order valence-corrected chi connectivity index (χ2v) is 7.45. The second-order valence-electron chi connectivity index (χ2n) is 4.21. The van der Waals surface area contributed by atoms with Crippen LogP contribution in [0.1, 0.15) is 11.8 Å². The van der Waals surface area contributed by atoms with E-state index in [9.17, 15) is 8.42 Å². The van der Waals surface area contributed by atoms with E-state index in [1.165, 1.54) is 6.92 Å². The Morgan fingerprint density at radius 3 is 2.62 bits per heavy atom. The van der Waals surface area contributed by atoms with Crippen LogP contribution < -0.4 is 11.1 Å². The van der Waals surface area contributed by atoms with Crippen molar-refractivity contribution in [1.29, 1.82) is 5.26 Å². The summed E-state index contributed by atoms with van der Waals surface area (Å²) in [5.41, 5.74) is 5.79. The van der Waals surface area contributed by atoms with Crippen molar-refractivity contribution in [2.75, 3.05) is 44.2 Å². The van der Waals surface area contributed by atoms with Gasteiger partial charge < -0.3 is 20.5 Å². The molecule has 1 atom stereocenters. The third-order valence-electron chi connectivity index (χ3n) is 2.87. The molecule has 0 aliphatic carbocycles. The molecule has 0 bridgehead atoms. The van der Waals surface area contributed by atoms with Crippen LogP contribution in [-0.4, -0.2) is 47.6 Å². The van der Waals surface area contributed by atoms with E-state index in [-0.39, 0.29) is 27.3 Å². The number of anilines is 2. The molecule has 0 saturated heterocycles. The summed E-state index contributed by atoms with van der Waals surface area (Å²) < 4.78 is 34.5. The first kappa shape index (κ1) is 17.7. The lowest BCUT2D eigenvalue weighted by Crippen LogP contribution is -2.26. The highest BCUT2D eigenvalue weighted by atomic mass is 32.2. The zero-order valence-electron chi connectivity index (χ0n) is 12.2. The molecule has 9 heteroatoms. The lowest BCUT2D eigenvalue weighted by atomic mass is 10.3. The fourth-order valence-electron chi connectivity index (χ4n) is 1.68. The van der Waals surface area contributed by atoms with E-state index in [1.54, 1.807) is 14.2 Å². The van der Waals surface area contributed by atoms with Crippen molar-refractivity contribution < 1.29 is 17.9 Å². The predicted octanol–water partition coefficient (Wildman–Crippen LogP) is 1.07. The minimum absolute atomic E-state index is 0.00109. The van der Waals surface area contributed by atoms with Gasteiger partial charge in [0, 0.05) is 20.8 Å². The molecule has 7 nitrogen and oxygen atoms in total. The van der Waals surface area contributed by atoms with Gasteiger partial charge in [-0.05, 0) is 0 Å². The number of thiophene rings is 1. The zero-order valence-corrected chi connectivity index (χ0v) is 13.8. The molecule has 118 valence electrons. The number of methoxy groups -OCH3 is 2. The van der Waals surface area contributed by atoms with Crippen molar-refractivity contribution in [3.05, 3.63) is 4.88 Å². The quantitative estimate of drug-likeness (QED) is 0.731. The van der Waals surface area contributed by atoms with Crippen LogP contribution in [0.4, 0.5) is 10.7 Å². The molecule has 0 aliphatic heterocycles. The molecular weight excluding hydrogens is 314 g/mol. The first-order valence-corrected chi connectivity index (χ1v) is 8.68. The summed E-state index contributed by atoms with van der Waals surface area (Å²) in [6, 6.07) is 1.91. The van der Waals surface area contributed by atoms with Crippen LogP contribution in [0.25, 0.3) is 0 Å². The van der Waals surface area contributed by atoms with E-state index in [0.29, 0.717) is 18.2 Å². The summed E-state index contributed by atoms with van der Waals surface area (Å²) in [4.78, 5) is 0.184. The Morgan fingerprint density at radius 1 is 1.48 bits per heavy atom. The van der Waals surface area contributed by atoms with Crippen LogP contribution in [-0.2, 0) is 19.3 Å². The summed E-state index contributed by atoms with van der Waals surface area (Å²) in [5.74, 6) is -0.0841. The van der Waals surface area contributed by atoms with Crippen LogP contribution in [0, 0.1) is 11.3 Å². The molecule has 1 rings (SSSR count). The van der Waals surface area contributed by atoms with Crippen LogP contribution >= 0.6 is 11.3 Å². The number of nitrogens with two attached hydrogens (primary N) is 1. The molecule has 0 aromatic carbocycles. The minimum Gasteiger partial charge on any atom is -0.396 e. The molecule has 0 fully saturated rings. The number of hydrogen-bond acceptors (Lipinski definition) is 8. The van der Waals surface area contributed by atoms with Crippen molar-refractivity contribution in [3.63, 3.8) is 0 Å². The van der Waals surface area contributed by atoms with Crippen molar-refractivity contribution in [3.8, 4) is 6.07 Å². The molecule has 1 aromatic rings. The molecular formula is C12H19N3O4S2. The smallest absolute Gasteiger partial charge is 0.183 e. The summed E-state index contributed by atoms with van der Waals surface area (Å²) in [5, 5.41) is 12.4. The Kier molecular flexibility index (Phi) is 6.42. The third kappa shape index (κ3) is 4.07. The molecule has 0 amide bonds. The van der Waals surface area contributed by atoms with E-state index in [1.807, 2.05) is 6.07 Å². The Hall–Kier alpha value is -1.34. The minimum atomic E-state index is -3.52. The first-order valence-electron chi connectivity index (χ1n) is 6.21. The van der Waals surface area contributed by atoms with Gasteiger partial charge in [0.05, 0.1) is 24.2 Å². The Labute approximate surface area is 128 Å². The number of nitriles is 1. The highest BCUT2D eigenvalue weighted by Crippen LogP contribution is 2.39. The number of hydrogen-bond donors (Lipinski definition) is 2. The molecule has 0 spiro atoms. The number of nitrogens with one attached hydrogen (secondary N) is 1. The van der Waals surface area contributed by atoms with E-state index in [2.05, 4.69) is 5.32 Å². The van der Waals surface area contributed by atoms with Crippen molar-refractivity contribution in [2.45, 2.75) is 17.9 Å². The predicted molar refractivity (Wildman–Crippen MR) is 82.3 cm³/mol. The second kappa shape index (κ2) is 7.61. The maximum atomic E-state index is 12.1. The van der Waals surface area contributed by atoms with Crippen LogP contribution in [0.2, 0.25) is 0 Å². The maximum Gasteiger partial charge on any atom is 0.183 e. The maximum absolute atomic E-state index is 12.1. The topological polar surface area (TPSA) is 114 Å². The Bertz CT molecular complexity index is 619. The van der Waals surface area contributed by atoms with Gasteiger partial charge in [-0.1, -0.05) is 6.92 Å². The fourth-order valence-corrected chi connectivity index (χ4v) is 4.15. The van der Waals surface area contributed by atoms with E-state index < -0.39 is 9.84 Å². The number of nitrogen functional groups attached to an aromatic ring is 1. The normalized spacial score (nSPS) is 12.9. The van der Waals surface area contributed by atoms with Gasteiger partial charge in [-0.3, -0.25) is 0 Å². The summed E-state index contributed by atoms with van der Waals surface area (Å²) >= 11 is 1.03. The van der Waals surface area contributed by atoms with E-state index in [4.69, 9.17) is 20.5 Å². The lowest BCUT2D eigenvalue weighted by molar-refractivity contribution is 0.0366. The number of sulfone groups is 1. The average molecular weight is 333 g/mol. The molecule has 1 heterocycles. The third-order valence-corrected chi connectivity index (χ3v) is 5.87. The van der Waals surface area contributed by atoms with Gasteiger partial charge >= 0.3 is 0 Å². The summed E-state index contributed by atoms with van der Waals surface area (Å²) in [6.45, 7) is 2.25. The van der Waals surface area contributed by atoms with Gasteiger partial charge in [-0.2, -0.15) is 5.26 Å². The number of rotatable bonds is 8. The van der Waals surface area contributed by atoms with Crippen molar-refractivity contribution >= 4 is 31.9 Å². The summed E-state index contributed by atoms with van der Waals surface area (Å²) in [6.07, 6.45) is -0.235. The Morgan fingerprint density at radius 2 is 2.14 bits per heavy atom. The SMILES string of the molecule is CCS(=O)(=O)c1c(NCC(COC)OC)sc(C#N)c1N. The van der Waals surface area contributed by atoms with Gasteiger partial charge in [-0.25, -0.2) is 8.42 Å². The lowest BCUT2D eigenvalue weighted by Gasteiger charge is -2.15. The van der Waals surface area contributed by atoms with Crippen molar-refractivity contribution in [2.24, 2.45) is 0 Å². The van der Waals surface area contributed by atoms with Gasteiger partial charge in [-0.15, -0.1) is 11.3 Å². The first-order chi connectivity index (χ1) is 9.91. The molecule has 0 radical (unpaired) electrons.